The molecule has 0 unspecified atom stereocenters. The molecule has 2 aromatic rings. The van der Waals surface area contributed by atoms with Crippen LogP contribution in [0.1, 0.15) is 43.0 Å². The van der Waals surface area contributed by atoms with Gasteiger partial charge >= 0.3 is 0 Å². The Morgan fingerprint density at radius 1 is 0.929 bits per heavy atom. The Hall–Kier alpha value is -2.62. The Morgan fingerprint density at radius 2 is 1.61 bits per heavy atom. The summed E-state index contributed by atoms with van der Waals surface area (Å²) in [6.07, 6.45) is 0.287. The van der Waals surface area contributed by atoms with E-state index >= 15 is 0 Å². The first-order valence-electron chi connectivity index (χ1n) is 9.95. The van der Waals surface area contributed by atoms with E-state index in [0.29, 0.717) is 19.0 Å². The van der Waals surface area contributed by atoms with E-state index in [0.717, 1.165) is 11.1 Å². The van der Waals surface area contributed by atoms with Gasteiger partial charge in [0.05, 0.1) is 6.42 Å². The smallest absolute Gasteiger partial charge is 0.242 e. The molecule has 1 N–H and O–H groups in total. The first-order chi connectivity index (χ1) is 13.3. The summed E-state index contributed by atoms with van der Waals surface area (Å²) in [7, 11) is 0. The van der Waals surface area contributed by atoms with Gasteiger partial charge in [-0.3, -0.25) is 9.59 Å². The van der Waals surface area contributed by atoms with Gasteiger partial charge in [0.15, 0.2) is 0 Å². The molecule has 4 heteroatoms. The van der Waals surface area contributed by atoms with E-state index in [9.17, 15) is 9.59 Å². The molecule has 0 saturated heterocycles. The standard InChI is InChI=1S/C24H32N2O2/c1-17(2)15-25-24(28)20(5)26(16-21-9-7-6-8-10-21)23(27)14-22-12-11-18(3)19(4)13-22/h6-13,17,20H,14-16H2,1-5H3,(H,25,28)/t20-/m1/s1. The molecule has 0 aliphatic carbocycles. The Labute approximate surface area is 169 Å². The fraction of sp³-hybridized carbons (Fsp3) is 0.417. The second-order valence-corrected chi connectivity index (χ2v) is 7.92. The van der Waals surface area contributed by atoms with Crippen LogP contribution in [0, 0.1) is 19.8 Å². The van der Waals surface area contributed by atoms with E-state index in [2.05, 4.69) is 32.2 Å². The largest absolute Gasteiger partial charge is 0.354 e. The maximum atomic E-state index is 13.1. The first kappa shape index (κ1) is 21.7. The molecule has 0 spiro atoms. The van der Waals surface area contributed by atoms with Crippen molar-refractivity contribution in [3.05, 3.63) is 70.8 Å². The molecule has 2 aromatic carbocycles. The molecular formula is C24H32N2O2. The van der Waals surface area contributed by atoms with Crippen LogP contribution in [0.25, 0.3) is 0 Å². The first-order valence-corrected chi connectivity index (χ1v) is 9.95. The Morgan fingerprint density at radius 3 is 2.21 bits per heavy atom. The normalized spacial score (nSPS) is 11.9. The number of benzene rings is 2. The molecule has 0 fully saturated rings. The molecule has 0 aromatic heterocycles. The van der Waals surface area contributed by atoms with E-state index in [1.165, 1.54) is 11.1 Å². The van der Waals surface area contributed by atoms with Gasteiger partial charge in [0.25, 0.3) is 0 Å². The number of carbonyl (C=O) groups is 2. The van der Waals surface area contributed by atoms with Crippen molar-refractivity contribution in [2.45, 2.75) is 53.6 Å². The van der Waals surface area contributed by atoms with E-state index in [1.807, 2.05) is 49.4 Å². The Bertz CT molecular complexity index is 800. The fourth-order valence-corrected chi connectivity index (χ4v) is 3.00. The summed E-state index contributed by atoms with van der Waals surface area (Å²) < 4.78 is 0. The fourth-order valence-electron chi connectivity index (χ4n) is 3.00. The lowest BCUT2D eigenvalue weighted by Gasteiger charge is -2.29. The molecule has 150 valence electrons. The van der Waals surface area contributed by atoms with Crippen molar-refractivity contribution in [2.24, 2.45) is 5.92 Å². The van der Waals surface area contributed by atoms with Gasteiger partial charge in [0.1, 0.15) is 6.04 Å². The van der Waals surface area contributed by atoms with Crippen molar-refractivity contribution in [3.63, 3.8) is 0 Å². The minimum atomic E-state index is -0.530. The number of nitrogens with zero attached hydrogens (tertiary/aromatic N) is 1. The molecular weight excluding hydrogens is 348 g/mol. The Kier molecular flexibility index (Phi) is 7.80. The van der Waals surface area contributed by atoms with E-state index in [4.69, 9.17) is 0 Å². The number of nitrogens with one attached hydrogen (secondary N) is 1. The van der Waals surface area contributed by atoms with Crippen LogP contribution in [0.4, 0.5) is 0 Å². The number of amides is 2. The summed E-state index contributed by atoms with van der Waals surface area (Å²) in [4.78, 5) is 27.5. The van der Waals surface area contributed by atoms with Crippen molar-refractivity contribution >= 4 is 11.8 Å². The molecule has 2 rings (SSSR count). The van der Waals surface area contributed by atoms with Crippen molar-refractivity contribution in [1.82, 2.24) is 10.2 Å². The van der Waals surface area contributed by atoms with Crippen LogP contribution in [-0.4, -0.2) is 29.3 Å². The third-order valence-corrected chi connectivity index (χ3v) is 4.97. The topological polar surface area (TPSA) is 49.4 Å². The summed E-state index contributed by atoms with van der Waals surface area (Å²) in [5.41, 5.74) is 4.36. The number of hydrogen-bond acceptors (Lipinski definition) is 2. The molecule has 2 amide bonds. The van der Waals surface area contributed by atoms with E-state index in [1.54, 1.807) is 11.8 Å². The molecule has 4 nitrogen and oxygen atoms in total. The van der Waals surface area contributed by atoms with Crippen LogP contribution in [0.15, 0.2) is 48.5 Å². The molecule has 0 radical (unpaired) electrons. The lowest BCUT2D eigenvalue weighted by atomic mass is 10.0. The average Bonchev–Trinajstić information content (AvgIpc) is 2.67. The van der Waals surface area contributed by atoms with Gasteiger partial charge in [0, 0.05) is 13.1 Å². The number of hydrogen-bond donors (Lipinski definition) is 1. The average molecular weight is 381 g/mol. The van der Waals surface area contributed by atoms with Gasteiger partial charge < -0.3 is 10.2 Å². The summed E-state index contributed by atoms with van der Waals surface area (Å²) >= 11 is 0. The van der Waals surface area contributed by atoms with Gasteiger partial charge in [-0.2, -0.15) is 0 Å². The zero-order valence-corrected chi connectivity index (χ0v) is 17.7. The third kappa shape index (κ3) is 6.22. The lowest BCUT2D eigenvalue weighted by Crippen LogP contribution is -2.48. The maximum Gasteiger partial charge on any atom is 0.242 e. The number of aryl methyl sites for hydroxylation is 2. The third-order valence-electron chi connectivity index (χ3n) is 4.97. The minimum Gasteiger partial charge on any atom is -0.354 e. The van der Waals surface area contributed by atoms with Gasteiger partial charge in [0.2, 0.25) is 11.8 Å². The predicted molar refractivity (Wildman–Crippen MR) is 114 cm³/mol. The molecule has 0 bridgehead atoms. The van der Waals surface area contributed by atoms with Crippen LogP contribution in [0.5, 0.6) is 0 Å². The van der Waals surface area contributed by atoms with Crippen LogP contribution in [0.2, 0.25) is 0 Å². The predicted octanol–water partition coefficient (Wildman–Crippen LogP) is 4.04. The summed E-state index contributed by atoms with van der Waals surface area (Å²) in [5.74, 6) is 0.210. The highest BCUT2D eigenvalue weighted by molar-refractivity contribution is 5.88. The van der Waals surface area contributed by atoms with Gasteiger partial charge in [-0.05, 0) is 48.9 Å². The summed E-state index contributed by atoms with van der Waals surface area (Å²) in [6.45, 7) is 11.0. The van der Waals surface area contributed by atoms with Gasteiger partial charge in [-0.15, -0.1) is 0 Å². The van der Waals surface area contributed by atoms with Crippen LogP contribution >= 0.6 is 0 Å². The van der Waals surface area contributed by atoms with Crippen LogP contribution in [0.3, 0.4) is 0 Å². The van der Waals surface area contributed by atoms with Crippen molar-refractivity contribution in [2.75, 3.05) is 6.54 Å². The van der Waals surface area contributed by atoms with Crippen molar-refractivity contribution < 1.29 is 9.59 Å². The Balaban J connectivity index is 2.19. The molecule has 0 heterocycles. The van der Waals surface area contributed by atoms with Crippen LogP contribution < -0.4 is 5.32 Å². The molecule has 0 saturated carbocycles. The zero-order chi connectivity index (χ0) is 20.7. The highest BCUT2D eigenvalue weighted by atomic mass is 16.2. The number of rotatable bonds is 8. The molecule has 1 atom stereocenters. The van der Waals surface area contributed by atoms with Crippen molar-refractivity contribution in [3.8, 4) is 0 Å². The highest BCUT2D eigenvalue weighted by Crippen LogP contribution is 2.15. The van der Waals surface area contributed by atoms with Crippen LogP contribution in [-0.2, 0) is 22.6 Å². The maximum absolute atomic E-state index is 13.1. The second kappa shape index (κ2) is 10.1. The van der Waals surface area contributed by atoms with E-state index in [-0.39, 0.29) is 18.2 Å². The SMILES string of the molecule is Cc1ccc(CC(=O)N(Cc2ccccc2)[C@H](C)C(=O)NCC(C)C)cc1C. The quantitative estimate of drug-likeness (QED) is 0.751. The van der Waals surface area contributed by atoms with Gasteiger partial charge in [-0.25, -0.2) is 0 Å². The lowest BCUT2D eigenvalue weighted by molar-refractivity contribution is -0.140. The van der Waals surface area contributed by atoms with Gasteiger partial charge in [-0.1, -0.05) is 62.4 Å². The summed E-state index contributed by atoms with van der Waals surface area (Å²) in [5, 5.41) is 2.95. The van der Waals surface area contributed by atoms with E-state index < -0.39 is 6.04 Å². The number of carbonyl (C=O) groups excluding carboxylic acids is 2. The monoisotopic (exact) mass is 380 g/mol. The minimum absolute atomic E-state index is 0.0423. The molecule has 0 aliphatic heterocycles. The van der Waals surface area contributed by atoms with Crippen molar-refractivity contribution in [1.29, 1.82) is 0 Å². The second-order valence-electron chi connectivity index (χ2n) is 7.92. The summed E-state index contributed by atoms with van der Waals surface area (Å²) in [6, 6.07) is 15.4. The molecule has 28 heavy (non-hydrogen) atoms. The zero-order valence-electron chi connectivity index (χ0n) is 17.7. The molecule has 0 aliphatic rings. The highest BCUT2D eigenvalue weighted by Gasteiger charge is 2.26.